The normalized spacial score (nSPS) is 11.0. The summed E-state index contributed by atoms with van der Waals surface area (Å²) in [7, 11) is 0. The molecule has 8 nitrogen and oxygen atoms in total. The van der Waals surface area contributed by atoms with Crippen molar-refractivity contribution in [3.05, 3.63) is 62.2 Å². The van der Waals surface area contributed by atoms with Crippen LogP contribution in [0.2, 0.25) is 0 Å². The molecule has 0 atom stereocenters. The summed E-state index contributed by atoms with van der Waals surface area (Å²) < 4.78 is 1.15. The van der Waals surface area contributed by atoms with Crippen LogP contribution in [0, 0.1) is 13.8 Å². The number of aromatic amines is 2. The lowest BCUT2D eigenvalue weighted by Gasteiger charge is -2.06. The number of carbonyl (C=O) groups is 1. The summed E-state index contributed by atoms with van der Waals surface area (Å²) in [6.45, 7) is 4.47. The Labute approximate surface area is 149 Å². The Bertz CT molecular complexity index is 1060. The van der Waals surface area contributed by atoms with Crippen molar-refractivity contribution in [1.82, 2.24) is 24.8 Å². The number of H-pyrrole nitrogens is 2. The van der Waals surface area contributed by atoms with E-state index in [1.165, 1.54) is 23.4 Å². The van der Waals surface area contributed by atoms with Gasteiger partial charge in [-0.1, -0.05) is 6.07 Å². The van der Waals surface area contributed by atoms with Gasteiger partial charge in [0, 0.05) is 25.2 Å². The van der Waals surface area contributed by atoms with Gasteiger partial charge in [-0.2, -0.15) is 0 Å². The molecule has 0 bridgehead atoms. The van der Waals surface area contributed by atoms with E-state index in [1.54, 1.807) is 0 Å². The third-order valence-corrected chi connectivity index (χ3v) is 4.35. The van der Waals surface area contributed by atoms with Gasteiger partial charge >= 0.3 is 5.69 Å². The Morgan fingerprint density at radius 2 is 2.00 bits per heavy atom. The molecule has 1 aromatic carbocycles. The van der Waals surface area contributed by atoms with Gasteiger partial charge in [0.15, 0.2) is 0 Å². The van der Waals surface area contributed by atoms with Gasteiger partial charge < -0.3 is 10.3 Å². The van der Waals surface area contributed by atoms with Crippen LogP contribution in [0.3, 0.4) is 0 Å². The first-order valence-electron chi connectivity index (χ1n) is 8.45. The van der Waals surface area contributed by atoms with Crippen molar-refractivity contribution < 1.29 is 4.79 Å². The molecule has 0 aliphatic heterocycles. The van der Waals surface area contributed by atoms with Crippen molar-refractivity contribution in [2.45, 2.75) is 33.2 Å². The van der Waals surface area contributed by atoms with Gasteiger partial charge in [-0.3, -0.25) is 19.1 Å². The SMILES string of the molecule is Cc1ccc2[nH]c(CCCNC(=O)Cn3ccc(=O)[nH]c3=O)nc2c1C. The van der Waals surface area contributed by atoms with E-state index in [0.29, 0.717) is 13.0 Å². The molecule has 8 heteroatoms. The summed E-state index contributed by atoms with van der Waals surface area (Å²) in [5.74, 6) is 0.607. The predicted molar refractivity (Wildman–Crippen MR) is 98.2 cm³/mol. The topological polar surface area (TPSA) is 113 Å². The lowest BCUT2D eigenvalue weighted by Crippen LogP contribution is -2.35. The highest BCUT2D eigenvalue weighted by Crippen LogP contribution is 2.19. The summed E-state index contributed by atoms with van der Waals surface area (Å²) in [6, 6.07) is 5.30. The lowest BCUT2D eigenvalue weighted by molar-refractivity contribution is -0.121. The molecule has 0 saturated heterocycles. The summed E-state index contributed by atoms with van der Waals surface area (Å²) >= 11 is 0. The van der Waals surface area contributed by atoms with Gasteiger partial charge in [0.05, 0.1) is 11.0 Å². The van der Waals surface area contributed by atoms with Crippen molar-refractivity contribution in [1.29, 1.82) is 0 Å². The number of hydrogen-bond donors (Lipinski definition) is 3. The van der Waals surface area contributed by atoms with Crippen molar-refractivity contribution in [2.24, 2.45) is 0 Å². The molecule has 3 rings (SSSR count). The molecule has 3 aromatic rings. The molecule has 2 heterocycles. The van der Waals surface area contributed by atoms with E-state index in [9.17, 15) is 14.4 Å². The van der Waals surface area contributed by atoms with Crippen molar-refractivity contribution in [3.63, 3.8) is 0 Å². The molecule has 0 aliphatic rings. The van der Waals surface area contributed by atoms with E-state index >= 15 is 0 Å². The molecule has 26 heavy (non-hydrogen) atoms. The first-order valence-corrected chi connectivity index (χ1v) is 8.45. The second-order valence-electron chi connectivity index (χ2n) is 6.28. The number of aromatic nitrogens is 4. The fourth-order valence-electron chi connectivity index (χ4n) is 2.75. The Morgan fingerprint density at radius 1 is 1.19 bits per heavy atom. The minimum absolute atomic E-state index is 0.126. The molecule has 0 aliphatic carbocycles. The number of benzene rings is 1. The van der Waals surface area contributed by atoms with Gasteiger partial charge in [0.25, 0.3) is 5.56 Å². The Hall–Kier alpha value is -3.16. The second kappa shape index (κ2) is 7.38. The number of nitrogens with zero attached hydrogens (tertiary/aromatic N) is 2. The van der Waals surface area contributed by atoms with Crippen LogP contribution in [0.25, 0.3) is 11.0 Å². The van der Waals surface area contributed by atoms with E-state index in [4.69, 9.17) is 0 Å². The summed E-state index contributed by atoms with van der Waals surface area (Å²) in [4.78, 5) is 44.5. The zero-order valence-electron chi connectivity index (χ0n) is 14.8. The number of fused-ring (bicyclic) bond motifs is 1. The Kier molecular flexibility index (Phi) is 5.01. The van der Waals surface area contributed by atoms with Gasteiger partial charge in [-0.25, -0.2) is 9.78 Å². The largest absolute Gasteiger partial charge is 0.355 e. The van der Waals surface area contributed by atoms with Crippen LogP contribution in [0.1, 0.15) is 23.4 Å². The molecular weight excluding hydrogens is 334 g/mol. The van der Waals surface area contributed by atoms with Crippen molar-refractivity contribution in [3.8, 4) is 0 Å². The van der Waals surface area contributed by atoms with Crippen LogP contribution in [0.15, 0.2) is 34.0 Å². The number of imidazole rings is 1. The Morgan fingerprint density at radius 3 is 2.77 bits per heavy atom. The van der Waals surface area contributed by atoms with E-state index < -0.39 is 11.2 Å². The number of hydrogen-bond acceptors (Lipinski definition) is 4. The molecule has 3 N–H and O–H groups in total. The molecule has 0 unspecified atom stereocenters. The van der Waals surface area contributed by atoms with Gasteiger partial charge in [0.1, 0.15) is 12.4 Å². The monoisotopic (exact) mass is 355 g/mol. The van der Waals surface area contributed by atoms with E-state index in [0.717, 1.165) is 27.8 Å². The van der Waals surface area contributed by atoms with E-state index in [1.807, 2.05) is 6.07 Å². The van der Waals surface area contributed by atoms with Gasteiger partial charge in [0.2, 0.25) is 5.91 Å². The lowest BCUT2D eigenvalue weighted by atomic mass is 10.1. The highest BCUT2D eigenvalue weighted by Gasteiger charge is 2.08. The molecule has 0 spiro atoms. The summed E-state index contributed by atoms with van der Waals surface area (Å²) in [5.41, 5.74) is 3.31. The highest BCUT2D eigenvalue weighted by molar-refractivity contribution is 5.79. The summed E-state index contributed by atoms with van der Waals surface area (Å²) in [6.07, 6.45) is 2.75. The molecule has 136 valence electrons. The third kappa shape index (κ3) is 3.90. The molecular formula is C18H21N5O3. The van der Waals surface area contributed by atoms with Crippen molar-refractivity contribution >= 4 is 16.9 Å². The van der Waals surface area contributed by atoms with Crippen LogP contribution in [-0.4, -0.2) is 32.0 Å². The minimum atomic E-state index is -0.597. The average Bonchev–Trinajstić information content (AvgIpc) is 3.01. The fraction of sp³-hybridized carbons (Fsp3) is 0.333. The zero-order valence-corrected chi connectivity index (χ0v) is 14.8. The molecule has 2 aromatic heterocycles. The number of amides is 1. The van der Waals surface area contributed by atoms with E-state index in [-0.39, 0.29) is 12.5 Å². The molecule has 0 saturated carbocycles. The Balaban J connectivity index is 1.51. The highest BCUT2D eigenvalue weighted by atomic mass is 16.2. The first kappa shape index (κ1) is 17.7. The first-order chi connectivity index (χ1) is 12.4. The van der Waals surface area contributed by atoms with Crippen LogP contribution in [0.4, 0.5) is 0 Å². The maximum atomic E-state index is 11.9. The average molecular weight is 355 g/mol. The summed E-state index contributed by atoms with van der Waals surface area (Å²) in [5, 5.41) is 2.77. The predicted octanol–water partition coefficient (Wildman–Crippen LogP) is 0.779. The third-order valence-electron chi connectivity index (χ3n) is 4.35. The number of rotatable bonds is 6. The number of nitrogens with one attached hydrogen (secondary N) is 3. The smallest absolute Gasteiger partial charge is 0.328 e. The maximum Gasteiger partial charge on any atom is 0.328 e. The quantitative estimate of drug-likeness (QED) is 0.567. The number of carbonyl (C=O) groups excluding carboxylic acids is 1. The zero-order chi connectivity index (χ0) is 18.7. The standard InChI is InChI=1S/C18H21N5O3/c1-11-5-6-13-17(12(11)2)21-14(20-13)4-3-8-19-16(25)10-23-9-7-15(24)22-18(23)26/h5-7,9H,3-4,8,10H2,1-2H3,(H,19,25)(H,20,21)(H,22,24,26). The fourth-order valence-corrected chi connectivity index (χ4v) is 2.75. The van der Waals surface area contributed by atoms with E-state index in [2.05, 4.69) is 40.2 Å². The van der Waals surface area contributed by atoms with Crippen LogP contribution < -0.4 is 16.6 Å². The van der Waals surface area contributed by atoms with Crippen molar-refractivity contribution in [2.75, 3.05) is 6.54 Å². The number of aryl methyl sites for hydroxylation is 3. The maximum absolute atomic E-state index is 11.9. The van der Waals surface area contributed by atoms with Crippen LogP contribution in [0.5, 0.6) is 0 Å². The van der Waals surface area contributed by atoms with Crippen LogP contribution in [-0.2, 0) is 17.8 Å². The minimum Gasteiger partial charge on any atom is -0.355 e. The van der Waals surface area contributed by atoms with Gasteiger partial charge in [-0.15, -0.1) is 0 Å². The second-order valence-corrected chi connectivity index (χ2v) is 6.28. The molecule has 0 radical (unpaired) electrons. The van der Waals surface area contributed by atoms with Crippen LogP contribution >= 0.6 is 0 Å². The van der Waals surface area contributed by atoms with Gasteiger partial charge in [-0.05, 0) is 37.5 Å². The molecule has 1 amide bonds. The molecule has 0 fully saturated rings.